The molecule has 0 bridgehead atoms. The quantitative estimate of drug-likeness (QED) is 0.276. The van der Waals surface area contributed by atoms with Gasteiger partial charge in [-0.3, -0.25) is 0 Å². The lowest BCUT2D eigenvalue weighted by Crippen LogP contribution is -2.02. The predicted molar refractivity (Wildman–Crippen MR) is 128 cm³/mol. The average Bonchev–Trinajstić information content (AvgIpc) is 2.83. The maximum atomic E-state index is 2.43. The monoisotopic (exact) mass is 389 g/mol. The lowest BCUT2D eigenvalue weighted by molar-refractivity contribution is 0.711. The van der Waals surface area contributed by atoms with Crippen LogP contribution in [0.1, 0.15) is 46.6 Å². The first-order valence-corrected chi connectivity index (χ1v) is 10.9. The van der Waals surface area contributed by atoms with E-state index in [9.17, 15) is 0 Å². The topological polar surface area (TPSA) is 0 Å². The van der Waals surface area contributed by atoms with Gasteiger partial charge in [0.1, 0.15) is 0 Å². The van der Waals surface area contributed by atoms with Gasteiger partial charge in [0, 0.05) is 5.92 Å². The molecular formula is C30H29. The van der Waals surface area contributed by atoms with Crippen LogP contribution in [0.3, 0.4) is 0 Å². The summed E-state index contributed by atoms with van der Waals surface area (Å²) in [5.74, 6) is 0.431. The van der Waals surface area contributed by atoms with Crippen molar-refractivity contribution in [3.63, 3.8) is 0 Å². The zero-order chi connectivity index (χ0) is 20.4. The number of rotatable bonds is 9. The van der Waals surface area contributed by atoms with E-state index in [1.807, 2.05) is 0 Å². The normalized spacial score (nSPS) is 11.0. The summed E-state index contributed by atoms with van der Waals surface area (Å²) in [4.78, 5) is 0. The van der Waals surface area contributed by atoms with Crippen molar-refractivity contribution in [3.8, 4) is 0 Å². The van der Waals surface area contributed by atoms with E-state index in [2.05, 4.69) is 122 Å². The fourth-order valence-corrected chi connectivity index (χ4v) is 4.19. The van der Waals surface area contributed by atoms with E-state index in [-0.39, 0.29) is 0 Å². The van der Waals surface area contributed by atoms with Crippen molar-refractivity contribution in [2.45, 2.75) is 31.6 Å². The van der Waals surface area contributed by atoms with Crippen LogP contribution in [0, 0.1) is 6.42 Å². The van der Waals surface area contributed by atoms with Gasteiger partial charge in [-0.1, -0.05) is 115 Å². The molecule has 0 atom stereocenters. The van der Waals surface area contributed by atoms with Gasteiger partial charge < -0.3 is 0 Å². The first-order valence-electron chi connectivity index (χ1n) is 10.9. The summed E-state index contributed by atoms with van der Waals surface area (Å²) in [5.41, 5.74) is 7.02. The molecule has 0 heterocycles. The molecule has 0 aliphatic rings. The lowest BCUT2D eigenvalue weighted by Gasteiger charge is -2.18. The smallest absolute Gasteiger partial charge is 0.00895 e. The summed E-state index contributed by atoms with van der Waals surface area (Å²) in [5, 5.41) is 0. The van der Waals surface area contributed by atoms with Crippen LogP contribution >= 0.6 is 0 Å². The first kappa shape index (κ1) is 20.2. The average molecular weight is 390 g/mol. The Labute approximate surface area is 181 Å². The molecule has 0 nitrogen and oxygen atoms in total. The van der Waals surface area contributed by atoms with Crippen molar-refractivity contribution in [3.05, 3.63) is 149 Å². The van der Waals surface area contributed by atoms with Crippen LogP contribution < -0.4 is 0 Å². The summed E-state index contributed by atoms with van der Waals surface area (Å²) in [7, 11) is 0. The maximum Gasteiger partial charge on any atom is 0.00895 e. The van der Waals surface area contributed by atoms with Gasteiger partial charge in [0.25, 0.3) is 0 Å². The van der Waals surface area contributed by atoms with Crippen LogP contribution in [0.25, 0.3) is 0 Å². The Kier molecular flexibility index (Phi) is 7.12. The Balaban J connectivity index is 1.42. The highest BCUT2D eigenvalue weighted by Crippen LogP contribution is 2.30. The summed E-state index contributed by atoms with van der Waals surface area (Å²) >= 11 is 0. The Bertz CT molecular complexity index is 964. The van der Waals surface area contributed by atoms with E-state index in [1.54, 1.807) is 0 Å². The van der Waals surface area contributed by atoms with Crippen molar-refractivity contribution in [2.24, 2.45) is 0 Å². The maximum absolute atomic E-state index is 2.43. The Morgan fingerprint density at radius 1 is 0.533 bits per heavy atom. The van der Waals surface area contributed by atoms with Gasteiger partial charge in [-0.15, -0.1) is 0 Å². The number of hydrogen-bond acceptors (Lipinski definition) is 0. The molecule has 0 fully saturated rings. The van der Waals surface area contributed by atoms with Crippen molar-refractivity contribution < 1.29 is 0 Å². The SMILES string of the molecule is [CH](CCC(c1ccccc1)c1ccccc1)c1ccccc1CCc1ccccc1. The second-order valence-corrected chi connectivity index (χ2v) is 7.84. The molecule has 149 valence electrons. The number of benzene rings is 4. The molecule has 30 heavy (non-hydrogen) atoms. The minimum Gasteiger partial charge on any atom is -0.0622 e. The zero-order valence-corrected chi connectivity index (χ0v) is 17.5. The molecule has 0 aliphatic heterocycles. The standard InChI is InChI=1S/C30H29/c1-4-13-25(14-5-1)23-24-27-16-11-10-15-26(27)21-12-22-30(28-17-6-2-7-18-28)29-19-8-3-9-20-29/h1-11,13-21,30H,12,22-24H2. The van der Waals surface area contributed by atoms with Gasteiger partial charge in [0.05, 0.1) is 0 Å². The van der Waals surface area contributed by atoms with Crippen LogP contribution in [0.5, 0.6) is 0 Å². The summed E-state index contributed by atoms with van der Waals surface area (Å²) in [6, 6.07) is 41.4. The molecule has 0 aromatic heterocycles. The molecule has 0 unspecified atom stereocenters. The van der Waals surface area contributed by atoms with Crippen molar-refractivity contribution in [2.75, 3.05) is 0 Å². The molecular weight excluding hydrogens is 360 g/mol. The molecule has 0 heteroatoms. The highest BCUT2D eigenvalue weighted by atomic mass is 14.2. The third-order valence-corrected chi connectivity index (χ3v) is 5.80. The molecule has 0 saturated heterocycles. The largest absolute Gasteiger partial charge is 0.0622 e. The molecule has 4 rings (SSSR count). The fraction of sp³-hybridized carbons (Fsp3) is 0.167. The third kappa shape index (κ3) is 5.48. The van der Waals surface area contributed by atoms with E-state index in [4.69, 9.17) is 0 Å². The second-order valence-electron chi connectivity index (χ2n) is 7.84. The zero-order valence-electron chi connectivity index (χ0n) is 17.5. The van der Waals surface area contributed by atoms with Crippen LogP contribution in [0.15, 0.2) is 115 Å². The second kappa shape index (κ2) is 10.6. The van der Waals surface area contributed by atoms with Crippen LogP contribution in [-0.4, -0.2) is 0 Å². The third-order valence-electron chi connectivity index (χ3n) is 5.80. The van der Waals surface area contributed by atoms with Gasteiger partial charge in [-0.05, 0) is 59.9 Å². The minimum absolute atomic E-state index is 0.431. The Morgan fingerprint density at radius 2 is 1.07 bits per heavy atom. The van der Waals surface area contributed by atoms with E-state index in [1.165, 1.54) is 27.8 Å². The van der Waals surface area contributed by atoms with Crippen molar-refractivity contribution in [1.29, 1.82) is 0 Å². The molecule has 1 radical (unpaired) electrons. The summed E-state index contributed by atoms with van der Waals surface area (Å²) in [6.07, 6.45) is 6.77. The van der Waals surface area contributed by atoms with Crippen molar-refractivity contribution >= 4 is 0 Å². The van der Waals surface area contributed by atoms with E-state index < -0.39 is 0 Å². The highest BCUT2D eigenvalue weighted by molar-refractivity contribution is 5.35. The van der Waals surface area contributed by atoms with Crippen LogP contribution in [0.2, 0.25) is 0 Å². The van der Waals surface area contributed by atoms with Gasteiger partial charge in [0.15, 0.2) is 0 Å². The Morgan fingerprint density at radius 3 is 1.70 bits per heavy atom. The molecule has 4 aromatic rings. The molecule has 0 N–H and O–H groups in total. The Hall–Kier alpha value is -3.12. The van der Waals surface area contributed by atoms with Crippen LogP contribution in [-0.2, 0) is 12.8 Å². The van der Waals surface area contributed by atoms with Gasteiger partial charge >= 0.3 is 0 Å². The van der Waals surface area contributed by atoms with E-state index in [0.29, 0.717) is 5.92 Å². The summed E-state index contributed by atoms with van der Waals surface area (Å²) < 4.78 is 0. The highest BCUT2D eigenvalue weighted by Gasteiger charge is 2.14. The fourth-order valence-electron chi connectivity index (χ4n) is 4.19. The summed E-state index contributed by atoms with van der Waals surface area (Å²) in [6.45, 7) is 0. The van der Waals surface area contributed by atoms with Crippen LogP contribution in [0.4, 0.5) is 0 Å². The molecule has 4 aromatic carbocycles. The molecule has 0 saturated carbocycles. The number of aryl methyl sites for hydroxylation is 2. The predicted octanol–water partition coefficient (Wildman–Crippen LogP) is 7.64. The molecule has 0 amide bonds. The van der Waals surface area contributed by atoms with Gasteiger partial charge in [-0.2, -0.15) is 0 Å². The van der Waals surface area contributed by atoms with Gasteiger partial charge in [0.2, 0.25) is 0 Å². The molecule has 0 spiro atoms. The van der Waals surface area contributed by atoms with E-state index in [0.717, 1.165) is 25.7 Å². The first-order chi connectivity index (χ1) is 14.9. The minimum atomic E-state index is 0.431. The number of hydrogen-bond donors (Lipinski definition) is 0. The molecule has 0 aliphatic carbocycles. The van der Waals surface area contributed by atoms with E-state index >= 15 is 0 Å². The lowest BCUT2D eigenvalue weighted by atomic mass is 9.86. The van der Waals surface area contributed by atoms with Gasteiger partial charge in [-0.25, -0.2) is 0 Å². The van der Waals surface area contributed by atoms with Crippen molar-refractivity contribution in [1.82, 2.24) is 0 Å².